The molecule has 0 aromatic carbocycles. The highest BCUT2D eigenvalue weighted by Gasteiger charge is 2.33. The zero-order chi connectivity index (χ0) is 8.16. The van der Waals surface area contributed by atoms with Gasteiger partial charge in [-0.25, -0.2) is 0 Å². The van der Waals surface area contributed by atoms with Crippen molar-refractivity contribution in [2.45, 2.75) is 18.9 Å². The first-order valence-corrected chi connectivity index (χ1v) is 4.32. The van der Waals surface area contributed by atoms with Gasteiger partial charge in [0.2, 0.25) is 0 Å². The molecule has 66 valence electrons. The maximum atomic E-state index is 5.71. The molecule has 0 aliphatic carbocycles. The molecular formula is C8H18N2O. The quantitative estimate of drug-likeness (QED) is 0.603. The topological polar surface area (TPSA) is 33.3 Å². The number of likely N-dealkylation sites (N-methyl/N-ethyl adjacent to an activating group) is 1. The molecule has 0 aromatic rings. The van der Waals surface area contributed by atoms with E-state index < -0.39 is 0 Å². The van der Waals surface area contributed by atoms with Crippen molar-refractivity contribution in [3.63, 3.8) is 0 Å². The Bertz CT molecular complexity index is 103. The lowest BCUT2D eigenvalue weighted by Crippen LogP contribution is -2.43. The Hall–Kier alpha value is -0.120. The van der Waals surface area contributed by atoms with Crippen LogP contribution in [-0.4, -0.2) is 38.9 Å². The summed E-state index contributed by atoms with van der Waals surface area (Å²) in [5.74, 6) is 0. The summed E-state index contributed by atoms with van der Waals surface area (Å²) in [6.07, 6.45) is 1.13. The summed E-state index contributed by atoms with van der Waals surface area (Å²) < 4.78 is 5.71. The summed E-state index contributed by atoms with van der Waals surface area (Å²) in [6, 6.07) is 0. The first kappa shape index (κ1) is 8.97. The standard InChI is InChI=1S/C8H18N2O/c1-3-11-8(6-9-2)4-5-10-7-8/h9-10H,3-7H2,1-2H3. The molecule has 3 heteroatoms. The van der Waals surface area contributed by atoms with Gasteiger partial charge in [0.25, 0.3) is 0 Å². The lowest BCUT2D eigenvalue weighted by molar-refractivity contribution is -0.0210. The third-order valence-corrected chi connectivity index (χ3v) is 2.15. The van der Waals surface area contributed by atoms with E-state index in [1.807, 2.05) is 7.05 Å². The van der Waals surface area contributed by atoms with Crippen LogP contribution in [0.25, 0.3) is 0 Å². The highest BCUT2D eigenvalue weighted by molar-refractivity contribution is 4.91. The zero-order valence-corrected chi connectivity index (χ0v) is 7.44. The van der Waals surface area contributed by atoms with Crippen molar-refractivity contribution in [1.82, 2.24) is 10.6 Å². The van der Waals surface area contributed by atoms with Gasteiger partial charge in [0, 0.05) is 19.7 Å². The molecule has 1 rings (SSSR count). The average Bonchev–Trinajstić information content (AvgIpc) is 2.39. The van der Waals surface area contributed by atoms with Crippen molar-refractivity contribution in [3.8, 4) is 0 Å². The summed E-state index contributed by atoms with van der Waals surface area (Å²) in [7, 11) is 1.97. The van der Waals surface area contributed by atoms with E-state index in [0.717, 1.165) is 32.7 Å². The highest BCUT2D eigenvalue weighted by Crippen LogP contribution is 2.18. The van der Waals surface area contributed by atoms with E-state index in [-0.39, 0.29) is 5.60 Å². The Morgan fingerprint density at radius 2 is 2.45 bits per heavy atom. The zero-order valence-electron chi connectivity index (χ0n) is 7.44. The van der Waals surface area contributed by atoms with Gasteiger partial charge in [-0.15, -0.1) is 0 Å². The van der Waals surface area contributed by atoms with Crippen LogP contribution in [0.1, 0.15) is 13.3 Å². The molecular weight excluding hydrogens is 140 g/mol. The summed E-state index contributed by atoms with van der Waals surface area (Å²) >= 11 is 0. The van der Waals surface area contributed by atoms with Gasteiger partial charge in [-0.1, -0.05) is 0 Å². The van der Waals surface area contributed by atoms with Crippen molar-refractivity contribution in [2.24, 2.45) is 0 Å². The van der Waals surface area contributed by atoms with Crippen LogP contribution in [0.4, 0.5) is 0 Å². The second-order valence-corrected chi connectivity index (χ2v) is 3.07. The fourth-order valence-corrected chi connectivity index (χ4v) is 1.67. The predicted octanol–water partition coefficient (Wildman–Crippen LogP) is -0.0256. The first-order valence-electron chi connectivity index (χ1n) is 4.32. The van der Waals surface area contributed by atoms with Gasteiger partial charge < -0.3 is 15.4 Å². The van der Waals surface area contributed by atoms with Gasteiger partial charge in [0.1, 0.15) is 0 Å². The normalized spacial score (nSPS) is 31.1. The SMILES string of the molecule is CCOC1(CNC)CCNC1. The smallest absolute Gasteiger partial charge is 0.0941 e. The Kier molecular flexibility index (Phi) is 3.30. The minimum atomic E-state index is 0.0729. The van der Waals surface area contributed by atoms with Gasteiger partial charge in [0.15, 0.2) is 0 Å². The summed E-state index contributed by atoms with van der Waals surface area (Å²) in [5.41, 5.74) is 0.0729. The van der Waals surface area contributed by atoms with Gasteiger partial charge in [-0.2, -0.15) is 0 Å². The van der Waals surface area contributed by atoms with Gasteiger partial charge in [0.05, 0.1) is 5.60 Å². The fourth-order valence-electron chi connectivity index (χ4n) is 1.67. The second-order valence-electron chi connectivity index (χ2n) is 3.07. The molecule has 0 spiro atoms. The van der Waals surface area contributed by atoms with Crippen molar-refractivity contribution < 1.29 is 4.74 Å². The van der Waals surface area contributed by atoms with Crippen molar-refractivity contribution >= 4 is 0 Å². The van der Waals surface area contributed by atoms with Crippen LogP contribution in [0.3, 0.4) is 0 Å². The molecule has 2 N–H and O–H groups in total. The molecule has 0 aromatic heterocycles. The van der Waals surface area contributed by atoms with Crippen molar-refractivity contribution in [3.05, 3.63) is 0 Å². The van der Waals surface area contributed by atoms with Crippen LogP contribution < -0.4 is 10.6 Å². The molecule has 1 unspecified atom stereocenters. The molecule has 3 nitrogen and oxygen atoms in total. The molecule has 1 saturated heterocycles. The Morgan fingerprint density at radius 3 is 2.91 bits per heavy atom. The Morgan fingerprint density at radius 1 is 1.64 bits per heavy atom. The van der Waals surface area contributed by atoms with E-state index in [1.54, 1.807) is 0 Å². The lowest BCUT2D eigenvalue weighted by atomic mass is 10.0. The van der Waals surface area contributed by atoms with E-state index >= 15 is 0 Å². The largest absolute Gasteiger partial charge is 0.373 e. The maximum absolute atomic E-state index is 5.71. The summed E-state index contributed by atoms with van der Waals surface area (Å²) in [4.78, 5) is 0. The van der Waals surface area contributed by atoms with Gasteiger partial charge >= 0.3 is 0 Å². The molecule has 1 aliphatic heterocycles. The third-order valence-electron chi connectivity index (χ3n) is 2.15. The molecule has 1 aliphatic rings. The molecule has 1 atom stereocenters. The van der Waals surface area contributed by atoms with Crippen molar-refractivity contribution in [1.29, 1.82) is 0 Å². The van der Waals surface area contributed by atoms with Gasteiger partial charge in [-0.05, 0) is 26.9 Å². The molecule has 1 fully saturated rings. The molecule has 0 bridgehead atoms. The summed E-state index contributed by atoms with van der Waals surface area (Å²) in [6.45, 7) is 5.89. The number of hydrogen-bond acceptors (Lipinski definition) is 3. The minimum Gasteiger partial charge on any atom is -0.373 e. The van der Waals surface area contributed by atoms with Crippen LogP contribution in [0.5, 0.6) is 0 Å². The maximum Gasteiger partial charge on any atom is 0.0941 e. The second kappa shape index (κ2) is 4.04. The predicted molar refractivity (Wildman–Crippen MR) is 45.8 cm³/mol. The number of nitrogens with one attached hydrogen (secondary N) is 2. The van der Waals surface area contributed by atoms with E-state index in [9.17, 15) is 0 Å². The van der Waals surface area contributed by atoms with Crippen LogP contribution in [0, 0.1) is 0 Å². The molecule has 0 amide bonds. The van der Waals surface area contributed by atoms with Crippen LogP contribution in [-0.2, 0) is 4.74 Å². The monoisotopic (exact) mass is 158 g/mol. The molecule has 0 saturated carbocycles. The van der Waals surface area contributed by atoms with E-state index in [1.165, 1.54) is 0 Å². The minimum absolute atomic E-state index is 0.0729. The number of ether oxygens (including phenoxy) is 1. The van der Waals surface area contributed by atoms with Crippen LogP contribution in [0.15, 0.2) is 0 Å². The lowest BCUT2D eigenvalue weighted by Gasteiger charge is -2.27. The number of hydrogen-bond donors (Lipinski definition) is 2. The Labute approximate surface area is 68.5 Å². The van der Waals surface area contributed by atoms with E-state index in [2.05, 4.69) is 17.6 Å². The molecule has 1 heterocycles. The van der Waals surface area contributed by atoms with E-state index in [4.69, 9.17) is 4.74 Å². The average molecular weight is 158 g/mol. The fraction of sp³-hybridized carbons (Fsp3) is 1.00. The van der Waals surface area contributed by atoms with Crippen molar-refractivity contribution in [2.75, 3.05) is 33.3 Å². The highest BCUT2D eigenvalue weighted by atomic mass is 16.5. The van der Waals surface area contributed by atoms with Crippen LogP contribution >= 0.6 is 0 Å². The first-order chi connectivity index (χ1) is 5.33. The van der Waals surface area contributed by atoms with Gasteiger partial charge in [-0.3, -0.25) is 0 Å². The Balaban J connectivity index is 2.40. The van der Waals surface area contributed by atoms with E-state index in [0.29, 0.717) is 0 Å². The van der Waals surface area contributed by atoms with Crippen LogP contribution in [0.2, 0.25) is 0 Å². The summed E-state index contributed by atoms with van der Waals surface area (Å²) in [5, 5.41) is 6.49. The molecule has 0 radical (unpaired) electrons. The number of rotatable bonds is 4. The molecule has 11 heavy (non-hydrogen) atoms. The third kappa shape index (κ3) is 2.15.